The Bertz CT molecular complexity index is 2160. The summed E-state index contributed by atoms with van der Waals surface area (Å²) in [4.78, 5) is 0. The van der Waals surface area contributed by atoms with Crippen molar-refractivity contribution < 1.29 is 0 Å². The van der Waals surface area contributed by atoms with Gasteiger partial charge in [-0.15, -0.1) is 0 Å². The lowest BCUT2D eigenvalue weighted by Crippen LogP contribution is -2.17. The third kappa shape index (κ3) is 2.47. The largest absolute Gasteiger partial charge is 0.377 e. The normalized spacial score (nSPS) is 18.0. The summed E-state index contributed by atoms with van der Waals surface area (Å²) in [5.74, 6) is 0.311. The van der Waals surface area contributed by atoms with Crippen molar-refractivity contribution >= 4 is 59.8 Å². The van der Waals surface area contributed by atoms with Crippen molar-refractivity contribution in [3.63, 3.8) is 0 Å². The standard InChI is InChI=1S/C36H24N2/c1-2-12-22(13-3-1)38-30-21-11-9-19-28(30)34-32-23-14-4-6-16-25(23)35-33(27-18-8-10-20-29(27)37-35)31(32)24-15-5-7-17-26(24)36(34)38/h1-21,27,29,37H. The van der Waals surface area contributed by atoms with E-state index in [1.54, 1.807) is 0 Å². The topological polar surface area (TPSA) is 17.0 Å². The molecule has 1 N–H and O–H groups in total. The zero-order valence-corrected chi connectivity index (χ0v) is 20.7. The van der Waals surface area contributed by atoms with E-state index in [2.05, 4.69) is 137 Å². The highest BCUT2D eigenvalue weighted by Gasteiger charge is 2.35. The van der Waals surface area contributed by atoms with Crippen LogP contribution in [0.2, 0.25) is 0 Å². The Labute approximate surface area is 220 Å². The summed E-state index contributed by atoms with van der Waals surface area (Å²) in [6.45, 7) is 0. The first-order valence-electron chi connectivity index (χ1n) is 13.4. The van der Waals surface area contributed by atoms with Crippen LogP contribution >= 0.6 is 0 Å². The summed E-state index contributed by atoms with van der Waals surface area (Å²) >= 11 is 0. The fourth-order valence-electron chi connectivity index (χ4n) is 7.18. The molecular formula is C36H24N2. The molecule has 0 spiro atoms. The molecule has 2 unspecified atom stereocenters. The van der Waals surface area contributed by atoms with Gasteiger partial charge in [0.2, 0.25) is 0 Å². The number of fused-ring (bicyclic) bond motifs is 15. The number of para-hydroxylation sites is 2. The Hall–Kier alpha value is -4.82. The molecule has 38 heavy (non-hydrogen) atoms. The van der Waals surface area contributed by atoms with Gasteiger partial charge in [-0.3, -0.25) is 0 Å². The second-order valence-electron chi connectivity index (χ2n) is 10.5. The number of anilines is 1. The lowest BCUT2D eigenvalue weighted by molar-refractivity contribution is 0.810. The monoisotopic (exact) mass is 484 g/mol. The molecule has 0 radical (unpaired) electrons. The maximum Gasteiger partial charge on any atom is 0.0626 e. The zero-order chi connectivity index (χ0) is 24.8. The molecule has 2 heterocycles. The lowest BCUT2D eigenvalue weighted by atomic mass is 9.83. The predicted molar refractivity (Wildman–Crippen MR) is 162 cm³/mol. The molecule has 0 saturated carbocycles. The second-order valence-corrected chi connectivity index (χ2v) is 10.5. The maximum absolute atomic E-state index is 3.91. The average molecular weight is 485 g/mol. The molecule has 0 saturated heterocycles. The second kappa shape index (κ2) is 7.36. The Balaban J connectivity index is 1.64. The molecule has 9 rings (SSSR count). The molecule has 0 fully saturated rings. The van der Waals surface area contributed by atoms with Crippen molar-refractivity contribution in [1.82, 2.24) is 4.57 Å². The Morgan fingerprint density at radius 3 is 1.97 bits per heavy atom. The minimum atomic E-state index is 0.282. The highest BCUT2D eigenvalue weighted by molar-refractivity contribution is 6.39. The van der Waals surface area contributed by atoms with Crippen molar-refractivity contribution in [1.29, 1.82) is 0 Å². The van der Waals surface area contributed by atoms with Crippen molar-refractivity contribution in [2.24, 2.45) is 0 Å². The number of hydrogen-bond donors (Lipinski definition) is 1. The van der Waals surface area contributed by atoms with Crippen molar-refractivity contribution in [2.75, 3.05) is 5.32 Å². The van der Waals surface area contributed by atoms with Crippen LogP contribution in [0.5, 0.6) is 0 Å². The van der Waals surface area contributed by atoms with Gasteiger partial charge in [0.25, 0.3) is 0 Å². The van der Waals surface area contributed by atoms with Crippen LogP contribution < -0.4 is 5.32 Å². The van der Waals surface area contributed by atoms with Gasteiger partial charge < -0.3 is 9.88 Å². The van der Waals surface area contributed by atoms with Gasteiger partial charge in [0.1, 0.15) is 0 Å². The summed E-state index contributed by atoms with van der Waals surface area (Å²) in [5.41, 5.74) is 6.44. The summed E-state index contributed by atoms with van der Waals surface area (Å²) in [5, 5.41) is 14.5. The van der Waals surface area contributed by atoms with Gasteiger partial charge in [0.15, 0.2) is 0 Å². The molecule has 2 nitrogen and oxygen atoms in total. The van der Waals surface area contributed by atoms with E-state index >= 15 is 0 Å². The fraction of sp³-hybridized carbons (Fsp3) is 0.0556. The first-order chi connectivity index (χ1) is 18.9. The molecule has 1 aromatic heterocycles. The molecule has 2 aliphatic rings. The molecule has 178 valence electrons. The highest BCUT2D eigenvalue weighted by atomic mass is 15.0. The molecular weight excluding hydrogens is 460 g/mol. The van der Waals surface area contributed by atoms with Crippen LogP contribution in [0.15, 0.2) is 127 Å². The van der Waals surface area contributed by atoms with Gasteiger partial charge >= 0.3 is 0 Å². The average Bonchev–Trinajstić information content (AvgIpc) is 3.54. The van der Waals surface area contributed by atoms with E-state index in [4.69, 9.17) is 0 Å². The van der Waals surface area contributed by atoms with Gasteiger partial charge in [-0.1, -0.05) is 109 Å². The smallest absolute Gasteiger partial charge is 0.0626 e. The summed E-state index contributed by atoms with van der Waals surface area (Å²) in [7, 11) is 0. The zero-order valence-electron chi connectivity index (χ0n) is 20.7. The molecule has 0 bridgehead atoms. The van der Waals surface area contributed by atoms with Crippen LogP contribution in [0.4, 0.5) is 5.69 Å². The van der Waals surface area contributed by atoms with Gasteiger partial charge in [-0.05, 0) is 39.9 Å². The molecule has 2 atom stereocenters. The SMILES string of the molecule is C1=CC2Nc3c(c4c5ccccc5c5c(c6ccccc6n5-c5ccccc5)c4c4ccccc34)C2C=C1. The number of nitrogens with one attached hydrogen (secondary N) is 1. The molecule has 1 aliphatic heterocycles. The quantitative estimate of drug-likeness (QED) is 0.230. The van der Waals surface area contributed by atoms with Crippen LogP contribution in [0.3, 0.4) is 0 Å². The summed E-state index contributed by atoms with van der Waals surface area (Å²) in [6, 6.07) is 38.0. The van der Waals surface area contributed by atoms with Crippen LogP contribution in [-0.4, -0.2) is 10.6 Å². The summed E-state index contributed by atoms with van der Waals surface area (Å²) < 4.78 is 2.47. The molecule has 0 amide bonds. The third-order valence-electron chi connectivity index (χ3n) is 8.62. The number of benzene rings is 6. The Morgan fingerprint density at radius 2 is 1.16 bits per heavy atom. The van der Waals surface area contributed by atoms with Gasteiger partial charge in [0.05, 0.1) is 17.1 Å². The summed E-state index contributed by atoms with van der Waals surface area (Å²) in [6.07, 6.45) is 9.08. The number of aromatic nitrogens is 1. The third-order valence-corrected chi connectivity index (χ3v) is 8.62. The number of hydrogen-bond acceptors (Lipinski definition) is 1. The predicted octanol–water partition coefficient (Wildman–Crippen LogP) is 9.25. The first-order valence-corrected chi connectivity index (χ1v) is 13.4. The minimum absolute atomic E-state index is 0.282. The lowest BCUT2D eigenvalue weighted by Gasteiger charge is -2.19. The number of nitrogens with zero attached hydrogens (tertiary/aromatic N) is 1. The van der Waals surface area contributed by atoms with Crippen molar-refractivity contribution in [3.05, 3.63) is 133 Å². The molecule has 7 aromatic rings. The van der Waals surface area contributed by atoms with Gasteiger partial charge in [0, 0.05) is 44.2 Å². The molecule has 1 aliphatic carbocycles. The van der Waals surface area contributed by atoms with E-state index in [0.29, 0.717) is 5.92 Å². The Morgan fingerprint density at radius 1 is 0.526 bits per heavy atom. The maximum atomic E-state index is 3.91. The van der Waals surface area contributed by atoms with Crippen LogP contribution in [-0.2, 0) is 0 Å². The van der Waals surface area contributed by atoms with E-state index in [9.17, 15) is 0 Å². The highest BCUT2D eigenvalue weighted by Crippen LogP contribution is 2.53. The first kappa shape index (κ1) is 20.3. The van der Waals surface area contributed by atoms with Crippen molar-refractivity contribution in [3.8, 4) is 5.69 Å². The minimum Gasteiger partial charge on any atom is -0.377 e. The van der Waals surface area contributed by atoms with E-state index in [0.717, 1.165) is 0 Å². The number of rotatable bonds is 1. The van der Waals surface area contributed by atoms with E-state index < -0.39 is 0 Å². The molecule has 6 aromatic carbocycles. The van der Waals surface area contributed by atoms with Crippen LogP contribution in [0, 0.1) is 0 Å². The van der Waals surface area contributed by atoms with Crippen LogP contribution in [0.25, 0.3) is 59.8 Å². The van der Waals surface area contributed by atoms with E-state index in [1.165, 1.54) is 71.1 Å². The Kier molecular flexibility index (Phi) is 3.93. The molecule has 2 heteroatoms. The van der Waals surface area contributed by atoms with Gasteiger partial charge in [-0.25, -0.2) is 0 Å². The fourth-order valence-corrected chi connectivity index (χ4v) is 7.18. The number of allylic oxidation sites excluding steroid dienone is 2. The van der Waals surface area contributed by atoms with E-state index in [-0.39, 0.29) is 6.04 Å². The van der Waals surface area contributed by atoms with Crippen LogP contribution in [0.1, 0.15) is 11.5 Å². The van der Waals surface area contributed by atoms with E-state index in [1.807, 2.05) is 0 Å². The van der Waals surface area contributed by atoms with Gasteiger partial charge in [-0.2, -0.15) is 0 Å². The van der Waals surface area contributed by atoms with Crippen molar-refractivity contribution in [2.45, 2.75) is 12.0 Å².